The number of aliphatic imine (C=N–C) groups is 2. The summed E-state index contributed by atoms with van der Waals surface area (Å²) in [6, 6.07) is 7.68. The van der Waals surface area contributed by atoms with E-state index in [1.807, 2.05) is 36.7 Å². The molecule has 0 aromatic carbocycles. The number of nitrogens with zero attached hydrogens (tertiary/aromatic N) is 4. The third-order valence-electron chi connectivity index (χ3n) is 2.25. The predicted molar refractivity (Wildman–Crippen MR) is 73.4 cm³/mol. The molecule has 2 aromatic rings. The van der Waals surface area contributed by atoms with Crippen LogP contribution in [-0.2, 0) is 0 Å². The van der Waals surface area contributed by atoms with Crippen molar-refractivity contribution >= 4 is 12.4 Å². The summed E-state index contributed by atoms with van der Waals surface area (Å²) in [7, 11) is 0. The van der Waals surface area contributed by atoms with Crippen LogP contribution in [0.1, 0.15) is 11.1 Å². The number of aromatic nitrogens is 2. The Morgan fingerprint density at radius 1 is 0.722 bits per heavy atom. The van der Waals surface area contributed by atoms with Crippen LogP contribution in [0.4, 0.5) is 0 Å². The first kappa shape index (κ1) is 12.1. The van der Waals surface area contributed by atoms with Gasteiger partial charge in [-0.2, -0.15) is 0 Å². The average Bonchev–Trinajstić information content (AvgIpc) is 2.45. The van der Waals surface area contributed by atoms with Gasteiger partial charge in [-0.3, -0.25) is 20.0 Å². The minimum Gasteiger partial charge on any atom is -0.291 e. The lowest BCUT2D eigenvalue weighted by molar-refractivity contribution is 0.985. The van der Waals surface area contributed by atoms with Crippen molar-refractivity contribution in [1.29, 1.82) is 0 Å². The molecular weight excluding hydrogens is 224 g/mol. The summed E-state index contributed by atoms with van der Waals surface area (Å²) in [5.41, 5.74) is 2.12. The normalized spacial score (nSPS) is 11.3. The Kier molecular flexibility index (Phi) is 4.75. The van der Waals surface area contributed by atoms with E-state index < -0.39 is 0 Å². The molecule has 0 radical (unpaired) electrons. The summed E-state index contributed by atoms with van der Waals surface area (Å²) < 4.78 is 0. The summed E-state index contributed by atoms with van der Waals surface area (Å²) in [6.07, 6.45) is 10.7. The largest absolute Gasteiger partial charge is 0.291 e. The Labute approximate surface area is 106 Å². The molecule has 4 nitrogen and oxygen atoms in total. The second-order valence-corrected chi connectivity index (χ2v) is 3.63. The number of rotatable bonds is 5. The molecule has 0 aliphatic heterocycles. The van der Waals surface area contributed by atoms with E-state index in [1.165, 1.54) is 0 Å². The second-order valence-electron chi connectivity index (χ2n) is 3.63. The predicted octanol–water partition coefficient (Wildman–Crippen LogP) is 2.01. The molecule has 0 saturated carbocycles. The van der Waals surface area contributed by atoms with Gasteiger partial charge in [0.15, 0.2) is 0 Å². The van der Waals surface area contributed by atoms with Crippen LogP contribution in [0.2, 0.25) is 0 Å². The molecule has 0 amide bonds. The van der Waals surface area contributed by atoms with E-state index in [0.29, 0.717) is 13.1 Å². The Balaban J connectivity index is 1.73. The molecule has 4 heteroatoms. The average molecular weight is 238 g/mol. The van der Waals surface area contributed by atoms with Gasteiger partial charge in [-0.15, -0.1) is 0 Å². The first-order valence-corrected chi connectivity index (χ1v) is 5.75. The molecule has 0 aliphatic carbocycles. The van der Waals surface area contributed by atoms with Crippen LogP contribution in [-0.4, -0.2) is 35.5 Å². The Morgan fingerprint density at radius 2 is 1.11 bits per heavy atom. The fraction of sp³-hybridized carbons (Fsp3) is 0.143. The molecule has 0 atom stereocenters. The molecular formula is C14H14N4. The lowest BCUT2D eigenvalue weighted by Gasteiger charge is -1.92. The monoisotopic (exact) mass is 238 g/mol. The highest BCUT2D eigenvalue weighted by Crippen LogP contribution is 1.92. The minimum absolute atomic E-state index is 0.684. The van der Waals surface area contributed by atoms with Gasteiger partial charge in [-0.25, -0.2) is 0 Å². The Bertz CT molecular complexity index is 456. The van der Waals surface area contributed by atoms with E-state index in [1.54, 1.807) is 24.8 Å². The van der Waals surface area contributed by atoms with Gasteiger partial charge in [0.05, 0.1) is 13.1 Å². The molecule has 2 heterocycles. The highest BCUT2D eigenvalue weighted by Gasteiger charge is 1.85. The Hall–Kier alpha value is -2.36. The van der Waals surface area contributed by atoms with Crippen molar-refractivity contribution < 1.29 is 0 Å². The first-order valence-electron chi connectivity index (χ1n) is 5.75. The highest BCUT2D eigenvalue weighted by atomic mass is 14.8. The van der Waals surface area contributed by atoms with Crippen molar-refractivity contribution in [3.05, 3.63) is 60.2 Å². The van der Waals surface area contributed by atoms with Crippen LogP contribution in [0.25, 0.3) is 0 Å². The van der Waals surface area contributed by atoms with Gasteiger partial charge in [0.1, 0.15) is 0 Å². The smallest absolute Gasteiger partial charge is 0.0585 e. The van der Waals surface area contributed by atoms with Crippen LogP contribution < -0.4 is 0 Å². The zero-order valence-corrected chi connectivity index (χ0v) is 9.98. The van der Waals surface area contributed by atoms with Gasteiger partial charge < -0.3 is 0 Å². The maximum atomic E-state index is 4.29. The molecule has 2 aromatic heterocycles. The van der Waals surface area contributed by atoms with Crippen molar-refractivity contribution in [2.45, 2.75) is 0 Å². The molecule has 0 unspecified atom stereocenters. The topological polar surface area (TPSA) is 50.5 Å². The zero-order valence-electron chi connectivity index (χ0n) is 9.98. The summed E-state index contributed by atoms with van der Waals surface area (Å²) in [5, 5.41) is 0. The molecule has 0 saturated heterocycles. The molecule has 0 bridgehead atoms. The lowest BCUT2D eigenvalue weighted by atomic mass is 10.3. The van der Waals surface area contributed by atoms with Gasteiger partial charge >= 0.3 is 0 Å². The molecule has 0 fully saturated rings. The van der Waals surface area contributed by atoms with E-state index >= 15 is 0 Å². The fourth-order valence-electron chi connectivity index (χ4n) is 1.35. The fourth-order valence-corrected chi connectivity index (χ4v) is 1.35. The van der Waals surface area contributed by atoms with E-state index in [-0.39, 0.29) is 0 Å². The Morgan fingerprint density at radius 3 is 1.50 bits per heavy atom. The van der Waals surface area contributed by atoms with Crippen molar-refractivity contribution in [2.75, 3.05) is 13.1 Å². The second kappa shape index (κ2) is 7.06. The summed E-state index contributed by atoms with van der Waals surface area (Å²) in [6.45, 7) is 1.37. The van der Waals surface area contributed by atoms with Crippen LogP contribution in [0.3, 0.4) is 0 Å². The van der Waals surface area contributed by atoms with E-state index in [9.17, 15) is 0 Å². The third-order valence-corrected chi connectivity index (χ3v) is 2.25. The summed E-state index contributed by atoms with van der Waals surface area (Å²) >= 11 is 0. The minimum atomic E-state index is 0.684. The maximum Gasteiger partial charge on any atom is 0.0585 e. The van der Waals surface area contributed by atoms with E-state index in [2.05, 4.69) is 20.0 Å². The first-order chi connectivity index (χ1) is 8.95. The van der Waals surface area contributed by atoms with Gasteiger partial charge in [0.2, 0.25) is 0 Å². The summed E-state index contributed by atoms with van der Waals surface area (Å²) in [5.74, 6) is 0. The number of hydrogen-bond donors (Lipinski definition) is 0. The third kappa shape index (κ3) is 4.25. The quantitative estimate of drug-likeness (QED) is 0.591. The standard InChI is InChI=1S/C14H14N4/c1-5-15-6-2-13(1)11-17-9-10-18-12-14-3-7-16-8-4-14/h1-8,11-12H,9-10H2/b17-11+,18-12+. The molecule has 0 aliphatic rings. The van der Waals surface area contributed by atoms with E-state index in [4.69, 9.17) is 0 Å². The molecule has 0 N–H and O–H groups in total. The number of hydrogen-bond acceptors (Lipinski definition) is 4. The van der Waals surface area contributed by atoms with Crippen molar-refractivity contribution in [3.8, 4) is 0 Å². The van der Waals surface area contributed by atoms with Gasteiger partial charge in [0, 0.05) is 37.2 Å². The maximum absolute atomic E-state index is 4.29. The van der Waals surface area contributed by atoms with Gasteiger partial charge in [0.25, 0.3) is 0 Å². The number of pyridine rings is 2. The van der Waals surface area contributed by atoms with Crippen molar-refractivity contribution in [1.82, 2.24) is 9.97 Å². The van der Waals surface area contributed by atoms with Crippen LogP contribution in [0.15, 0.2) is 59.0 Å². The van der Waals surface area contributed by atoms with Crippen molar-refractivity contribution in [2.24, 2.45) is 9.98 Å². The van der Waals surface area contributed by atoms with Crippen LogP contribution >= 0.6 is 0 Å². The van der Waals surface area contributed by atoms with Gasteiger partial charge in [-0.05, 0) is 35.4 Å². The van der Waals surface area contributed by atoms with Gasteiger partial charge in [-0.1, -0.05) is 0 Å². The van der Waals surface area contributed by atoms with Crippen LogP contribution in [0, 0.1) is 0 Å². The highest BCUT2D eigenvalue weighted by molar-refractivity contribution is 5.79. The van der Waals surface area contributed by atoms with Crippen molar-refractivity contribution in [3.63, 3.8) is 0 Å². The molecule has 0 spiro atoms. The molecule has 90 valence electrons. The lowest BCUT2D eigenvalue weighted by Crippen LogP contribution is -1.90. The molecule has 18 heavy (non-hydrogen) atoms. The van der Waals surface area contributed by atoms with E-state index in [0.717, 1.165) is 11.1 Å². The van der Waals surface area contributed by atoms with Crippen LogP contribution in [0.5, 0.6) is 0 Å². The molecule has 2 rings (SSSR count). The summed E-state index contributed by atoms with van der Waals surface area (Å²) in [4.78, 5) is 16.5. The SMILES string of the molecule is C(=N\CC/N=C/c1ccncc1)/c1ccncc1. The zero-order chi connectivity index (χ0) is 12.5.